The van der Waals surface area contributed by atoms with Crippen LogP contribution >= 0.6 is 39.0 Å². The van der Waals surface area contributed by atoms with Crippen molar-refractivity contribution in [1.29, 1.82) is 0 Å². The summed E-state index contributed by atoms with van der Waals surface area (Å²) in [7, 11) is 0. The average molecular weight is 463 g/mol. The van der Waals surface area contributed by atoms with Crippen LogP contribution < -0.4 is 5.56 Å². The number of benzene rings is 1. The molecule has 1 N–H and O–H groups in total. The highest BCUT2D eigenvalue weighted by molar-refractivity contribution is 9.11. The number of rotatable bonds is 6. The van der Waals surface area contributed by atoms with Crippen LogP contribution in [-0.2, 0) is 11.2 Å². The number of ketones is 1. The molecule has 0 aliphatic heterocycles. The molecule has 4 aromatic rings. The lowest BCUT2D eigenvalue weighted by molar-refractivity contribution is -0.116. The van der Waals surface area contributed by atoms with Gasteiger partial charge in [0.2, 0.25) is 0 Å². The van der Waals surface area contributed by atoms with Gasteiger partial charge in [0, 0.05) is 0 Å². The molecule has 0 bridgehead atoms. The first-order valence-electron chi connectivity index (χ1n) is 7.76. The highest BCUT2D eigenvalue weighted by Crippen LogP contribution is 2.20. The molecule has 0 spiro atoms. The van der Waals surface area contributed by atoms with Gasteiger partial charge in [0.15, 0.2) is 14.7 Å². The minimum absolute atomic E-state index is 0.0250. The van der Waals surface area contributed by atoms with E-state index in [1.165, 1.54) is 29.3 Å². The Bertz CT molecular complexity index is 1170. The summed E-state index contributed by atoms with van der Waals surface area (Å²) in [4.78, 5) is 31.6. The second kappa shape index (κ2) is 7.71. The molecule has 0 unspecified atom stereocenters. The van der Waals surface area contributed by atoms with Gasteiger partial charge in [-0.05, 0) is 28.1 Å². The van der Waals surface area contributed by atoms with Crippen molar-refractivity contribution in [3.8, 4) is 5.69 Å². The lowest BCUT2D eigenvalue weighted by atomic mass is 10.3. The number of aromatic nitrogens is 6. The van der Waals surface area contributed by atoms with Gasteiger partial charge in [0.1, 0.15) is 16.2 Å². The molecule has 0 fully saturated rings. The summed E-state index contributed by atoms with van der Waals surface area (Å²) in [6, 6.07) is 9.43. The van der Waals surface area contributed by atoms with Crippen molar-refractivity contribution in [2.45, 2.75) is 11.6 Å². The molecule has 27 heavy (non-hydrogen) atoms. The normalized spacial score (nSPS) is 11.1. The predicted octanol–water partition coefficient (Wildman–Crippen LogP) is 2.63. The van der Waals surface area contributed by atoms with Crippen molar-refractivity contribution in [3.63, 3.8) is 0 Å². The summed E-state index contributed by atoms with van der Waals surface area (Å²) in [6.07, 6.45) is 1.69. The lowest BCUT2D eigenvalue weighted by Gasteiger charge is -2.04. The number of hydrogen-bond donors (Lipinski definition) is 1. The molecule has 0 atom stereocenters. The minimum atomic E-state index is -0.287. The van der Waals surface area contributed by atoms with E-state index in [-0.39, 0.29) is 23.5 Å². The van der Waals surface area contributed by atoms with E-state index in [0.717, 1.165) is 5.69 Å². The minimum Gasteiger partial charge on any atom is -0.301 e. The van der Waals surface area contributed by atoms with Crippen molar-refractivity contribution >= 4 is 55.8 Å². The van der Waals surface area contributed by atoms with Gasteiger partial charge in [-0.25, -0.2) is 9.67 Å². The van der Waals surface area contributed by atoms with Crippen molar-refractivity contribution in [2.75, 3.05) is 5.75 Å². The Hall–Kier alpha value is -2.37. The fraction of sp³-hybridized carbons (Fsp3) is 0.125. The smallest absolute Gasteiger partial charge is 0.262 e. The Kier molecular flexibility index (Phi) is 5.14. The second-order valence-corrected chi connectivity index (χ2v) is 8.76. The third-order valence-corrected chi connectivity index (χ3v) is 5.87. The number of para-hydroxylation sites is 1. The molecule has 0 aliphatic carbocycles. The molecule has 0 aliphatic rings. The molecule has 4 rings (SSSR count). The fourth-order valence-corrected chi connectivity index (χ4v) is 4.34. The summed E-state index contributed by atoms with van der Waals surface area (Å²) in [6.45, 7) is 0. The van der Waals surface area contributed by atoms with Crippen LogP contribution in [0.1, 0.15) is 5.01 Å². The summed E-state index contributed by atoms with van der Waals surface area (Å²) in [5, 5.41) is 13.4. The first-order chi connectivity index (χ1) is 13.1. The van der Waals surface area contributed by atoms with Crippen molar-refractivity contribution < 1.29 is 4.79 Å². The van der Waals surface area contributed by atoms with Crippen LogP contribution in [-0.4, -0.2) is 41.5 Å². The van der Waals surface area contributed by atoms with Crippen molar-refractivity contribution in [3.05, 3.63) is 55.8 Å². The molecule has 8 nitrogen and oxygen atoms in total. The van der Waals surface area contributed by atoms with E-state index >= 15 is 0 Å². The number of Topliss-reactive ketones (excluding diaryl/α,β-unsaturated/α-hetero) is 1. The number of hydrogen-bond acceptors (Lipinski definition) is 8. The first-order valence-corrected chi connectivity index (χ1v) is 10.4. The topological polar surface area (TPSA) is 106 Å². The molecule has 3 aromatic heterocycles. The maximum Gasteiger partial charge on any atom is 0.262 e. The summed E-state index contributed by atoms with van der Waals surface area (Å²) in [5.74, 6) is 0.147. The number of halogens is 1. The Morgan fingerprint density at radius 3 is 2.81 bits per heavy atom. The van der Waals surface area contributed by atoms with Crippen LogP contribution in [0, 0.1) is 0 Å². The van der Waals surface area contributed by atoms with E-state index in [1.807, 2.05) is 30.3 Å². The van der Waals surface area contributed by atoms with Gasteiger partial charge in [0.25, 0.3) is 5.56 Å². The highest BCUT2D eigenvalue weighted by atomic mass is 79.9. The van der Waals surface area contributed by atoms with E-state index in [2.05, 4.69) is 41.2 Å². The molecule has 0 saturated carbocycles. The van der Waals surface area contributed by atoms with Crippen LogP contribution in [0.2, 0.25) is 0 Å². The third-order valence-electron chi connectivity index (χ3n) is 3.58. The standard InChI is InChI=1S/C16H11BrN6O2S2/c17-15-22-21-12(27-15)6-10(24)8-26-16-19-13-11(14(25)20-16)7-18-23(13)9-4-2-1-3-5-9/h1-5,7H,6,8H2,(H,19,20,25). The number of nitrogens with zero attached hydrogens (tertiary/aromatic N) is 5. The van der Waals surface area contributed by atoms with Crippen molar-refractivity contribution in [2.24, 2.45) is 0 Å². The molecule has 0 amide bonds. The van der Waals surface area contributed by atoms with Crippen LogP contribution in [0.15, 0.2) is 50.4 Å². The Balaban J connectivity index is 1.55. The van der Waals surface area contributed by atoms with E-state index in [0.29, 0.717) is 25.1 Å². The molecular weight excluding hydrogens is 452 g/mol. The molecule has 0 radical (unpaired) electrons. The number of nitrogens with one attached hydrogen (secondary N) is 1. The Morgan fingerprint density at radius 2 is 2.07 bits per heavy atom. The van der Waals surface area contributed by atoms with Crippen molar-refractivity contribution in [1.82, 2.24) is 29.9 Å². The van der Waals surface area contributed by atoms with Crippen LogP contribution in [0.3, 0.4) is 0 Å². The summed E-state index contributed by atoms with van der Waals surface area (Å²) < 4.78 is 2.25. The van der Waals surface area contributed by atoms with Crippen LogP contribution in [0.25, 0.3) is 16.7 Å². The number of aromatic amines is 1. The quantitative estimate of drug-likeness (QED) is 0.346. The number of carbonyl (C=O) groups excluding carboxylic acids is 1. The zero-order valence-electron chi connectivity index (χ0n) is 13.6. The third kappa shape index (κ3) is 3.99. The summed E-state index contributed by atoms with van der Waals surface area (Å²) in [5.41, 5.74) is 0.970. The molecule has 3 heterocycles. The fourth-order valence-electron chi connectivity index (χ4n) is 2.40. The zero-order chi connectivity index (χ0) is 18.8. The highest BCUT2D eigenvalue weighted by Gasteiger charge is 2.14. The van der Waals surface area contributed by atoms with Crippen LogP contribution in [0.4, 0.5) is 0 Å². The first kappa shape index (κ1) is 18.0. The lowest BCUT2D eigenvalue weighted by Crippen LogP contribution is -2.11. The predicted molar refractivity (Wildman–Crippen MR) is 107 cm³/mol. The average Bonchev–Trinajstić information content (AvgIpc) is 3.27. The Morgan fingerprint density at radius 1 is 1.26 bits per heavy atom. The van der Waals surface area contributed by atoms with Gasteiger partial charge < -0.3 is 4.98 Å². The largest absolute Gasteiger partial charge is 0.301 e. The van der Waals surface area contributed by atoms with Gasteiger partial charge >= 0.3 is 0 Å². The number of thioether (sulfide) groups is 1. The number of fused-ring (bicyclic) bond motifs is 1. The maximum atomic E-state index is 12.3. The summed E-state index contributed by atoms with van der Waals surface area (Å²) >= 11 is 5.72. The molecule has 0 saturated heterocycles. The molecule has 1 aromatic carbocycles. The number of H-pyrrole nitrogens is 1. The van der Waals surface area contributed by atoms with E-state index in [1.54, 1.807) is 4.68 Å². The Labute approximate surface area is 169 Å². The molecule has 136 valence electrons. The van der Waals surface area contributed by atoms with Gasteiger partial charge in [-0.2, -0.15) is 5.10 Å². The van der Waals surface area contributed by atoms with Gasteiger partial charge in [-0.1, -0.05) is 41.3 Å². The van der Waals surface area contributed by atoms with E-state index < -0.39 is 0 Å². The monoisotopic (exact) mass is 462 g/mol. The number of carbonyl (C=O) groups is 1. The molecule has 11 heteroatoms. The van der Waals surface area contributed by atoms with Gasteiger partial charge in [-0.15, -0.1) is 10.2 Å². The SMILES string of the molecule is O=C(CSc1nc2c(cnn2-c2ccccc2)c(=O)[nH]1)Cc1nnc(Br)s1. The van der Waals surface area contributed by atoms with Gasteiger partial charge in [0.05, 0.1) is 24.1 Å². The van der Waals surface area contributed by atoms with Crippen LogP contribution in [0.5, 0.6) is 0 Å². The zero-order valence-corrected chi connectivity index (χ0v) is 16.8. The van der Waals surface area contributed by atoms with Gasteiger partial charge in [-0.3, -0.25) is 9.59 Å². The maximum absolute atomic E-state index is 12.3. The molecular formula is C16H11BrN6O2S2. The van der Waals surface area contributed by atoms with E-state index in [4.69, 9.17) is 0 Å². The van der Waals surface area contributed by atoms with E-state index in [9.17, 15) is 9.59 Å². The second-order valence-electron chi connectivity index (χ2n) is 5.45.